The molecule has 0 saturated heterocycles. The number of hydrogen-bond acceptors (Lipinski definition) is 4. The fourth-order valence-electron chi connectivity index (χ4n) is 1.66. The molecule has 0 spiro atoms. The Hall–Kier alpha value is -1.49. The second-order valence-corrected chi connectivity index (χ2v) is 4.96. The van der Waals surface area contributed by atoms with Crippen molar-refractivity contribution in [3.05, 3.63) is 24.5 Å². The van der Waals surface area contributed by atoms with Gasteiger partial charge < -0.3 is 4.74 Å². The predicted octanol–water partition coefficient (Wildman–Crippen LogP) is 1.82. The average molecular weight is 248 g/mol. The molecule has 0 unspecified atom stereocenters. The molecule has 88 valence electrons. The highest BCUT2D eigenvalue weighted by molar-refractivity contribution is 6.99. The summed E-state index contributed by atoms with van der Waals surface area (Å²) in [7, 11) is 1.99. The maximum atomic E-state index is 5.72. The second-order valence-electron chi connectivity index (χ2n) is 4.43. The quantitative estimate of drug-likeness (QED) is 0.775. The molecule has 0 N–H and O–H groups in total. The fourth-order valence-corrected chi connectivity index (χ4v) is 2.18. The van der Waals surface area contributed by atoms with E-state index < -0.39 is 0 Å². The van der Waals surface area contributed by atoms with Crippen LogP contribution in [0.15, 0.2) is 24.5 Å². The third-order valence-electron chi connectivity index (χ3n) is 2.82. The maximum absolute atomic E-state index is 5.72. The Kier molecular flexibility index (Phi) is 2.76. The van der Waals surface area contributed by atoms with E-state index >= 15 is 0 Å². The van der Waals surface area contributed by atoms with E-state index in [9.17, 15) is 0 Å². The van der Waals surface area contributed by atoms with Crippen LogP contribution in [0, 0.1) is 5.92 Å². The zero-order chi connectivity index (χ0) is 11.7. The van der Waals surface area contributed by atoms with E-state index in [2.05, 4.69) is 8.75 Å². The van der Waals surface area contributed by atoms with Crippen LogP contribution in [0.5, 0.6) is 5.88 Å². The molecule has 0 aliphatic heterocycles. The van der Waals surface area contributed by atoms with Crippen molar-refractivity contribution >= 4 is 11.7 Å². The summed E-state index contributed by atoms with van der Waals surface area (Å²) < 4.78 is 16.3. The number of ether oxygens (including phenoxy) is 1. The van der Waals surface area contributed by atoms with Crippen LogP contribution in [0.1, 0.15) is 12.8 Å². The van der Waals surface area contributed by atoms with Gasteiger partial charge in [-0.05, 0) is 24.8 Å². The summed E-state index contributed by atoms with van der Waals surface area (Å²) in [5, 5.41) is 0. The van der Waals surface area contributed by atoms with Crippen LogP contribution in [0.25, 0.3) is 11.3 Å². The first-order valence-corrected chi connectivity index (χ1v) is 6.47. The Balaban J connectivity index is 1.83. The normalized spacial score (nSPS) is 14.9. The lowest BCUT2D eigenvalue weighted by Gasteiger charge is -2.02. The lowest BCUT2D eigenvalue weighted by atomic mass is 10.2. The molecule has 0 amide bonds. The van der Waals surface area contributed by atoms with Crippen LogP contribution in [-0.4, -0.2) is 15.4 Å². The van der Waals surface area contributed by atoms with Crippen molar-refractivity contribution in [3.8, 4) is 17.1 Å². The smallest absolute Gasteiger partial charge is 0.254 e. The summed E-state index contributed by atoms with van der Waals surface area (Å²) >= 11 is 1.20. The van der Waals surface area contributed by atoms with Crippen molar-refractivity contribution in [2.75, 3.05) is 6.61 Å². The molecule has 17 heavy (non-hydrogen) atoms. The number of nitrogens with zero attached hydrogens (tertiary/aromatic N) is 3. The molecule has 2 aromatic heterocycles. The van der Waals surface area contributed by atoms with Gasteiger partial charge in [0.1, 0.15) is 7.05 Å². The number of aromatic nitrogens is 3. The first-order chi connectivity index (χ1) is 8.33. The molecule has 5 heteroatoms. The van der Waals surface area contributed by atoms with Gasteiger partial charge in [0.05, 0.1) is 23.9 Å². The van der Waals surface area contributed by atoms with Gasteiger partial charge in [0.15, 0.2) is 18.1 Å². The maximum Gasteiger partial charge on any atom is 0.254 e. The van der Waals surface area contributed by atoms with Crippen molar-refractivity contribution in [1.82, 2.24) is 8.75 Å². The van der Waals surface area contributed by atoms with Gasteiger partial charge in [-0.15, -0.1) is 4.37 Å². The van der Waals surface area contributed by atoms with Gasteiger partial charge in [0.2, 0.25) is 0 Å². The van der Waals surface area contributed by atoms with Gasteiger partial charge in [-0.2, -0.15) is 4.37 Å². The summed E-state index contributed by atoms with van der Waals surface area (Å²) in [5.74, 6) is 1.41. The summed E-state index contributed by atoms with van der Waals surface area (Å²) in [6, 6.07) is 4.03. The van der Waals surface area contributed by atoms with Crippen LogP contribution >= 0.6 is 11.7 Å². The molecule has 0 radical (unpaired) electrons. The number of aryl methyl sites for hydroxylation is 1. The SMILES string of the molecule is C[n+]1cccc(-c2nsnc2OCC2CC2)c1. The first kappa shape index (κ1) is 10.7. The van der Waals surface area contributed by atoms with Gasteiger partial charge in [-0.1, -0.05) is 0 Å². The van der Waals surface area contributed by atoms with E-state index in [1.807, 2.05) is 36.1 Å². The lowest BCUT2D eigenvalue weighted by Crippen LogP contribution is -2.26. The minimum absolute atomic E-state index is 0.674. The summed E-state index contributed by atoms with van der Waals surface area (Å²) in [5.41, 5.74) is 1.90. The van der Waals surface area contributed by atoms with Crippen molar-refractivity contribution in [1.29, 1.82) is 0 Å². The van der Waals surface area contributed by atoms with Crippen LogP contribution in [0.2, 0.25) is 0 Å². The third kappa shape index (κ3) is 2.44. The number of pyridine rings is 1. The van der Waals surface area contributed by atoms with Crippen molar-refractivity contribution < 1.29 is 9.30 Å². The van der Waals surface area contributed by atoms with E-state index in [4.69, 9.17) is 4.74 Å². The molecule has 0 aromatic carbocycles. The molecule has 4 nitrogen and oxygen atoms in total. The molecule has 3 rings (SSSR count). The highest BCUT2D eigenvalue weighted by atomic mass is 32.1. The summed E-state index contributed by atoms with van der Waals surface area (Å²) in [6.07, 6.45) is 6.59. The molecule has 1 aliphatic carbocycles. The van der Waals surface area contributed by atoms with Gasteiger partial charge >= 0.3 is 0 Å². The van der Waals surface area contributed by atoms with Gasteiger partial charge in [-0.25, -0.2) is 4.57 Å². The van der Waals surface area contributed by atoms with E-state index in [0.29, 0.717) is 5.88 Å². The van der Waals surface area contributed by atoms with Gasteiger partial charge in [0, 0.05) is 6.07 Å². The van der Waals surface area contributed by atoms with Crippen LogP contribution in [-0.2, 0) is 7.05 Å². The highest BCUT2D eigenvalue weighted by Crippen LogP contribution is 2.32. The summed E-state index contributed by atoms with van der Waals surface area (Å²) in [6.45, 7) is 0.775. The van der Waals surface area contributed by atoms with Crippen molar-refractivity contribution in [2.45, 2.75) is 12.8 Å². The van der Waals surface area contributed by atoms with Crippen LogP contribution in [0.3, 0.4) is 0 Å². The lowest BCUT2D eigenvalue weighted by molar-refractivity contribution is -0.671. The molecular weight excluding hydrogens is 234 g/mol. The Morgan fingerprint density at radius 1 is 1.47 bits per heavy atom. The van der Waals surface area contributed by atoms with Gasteiger partial charge in [-0.3, -0.25) is 0 Å². The molecule has 2 aromatic rings. The molecular formula is C12H14N3OS+. The highest BCUT2D eigenvalue weighted by Gasteiger charge is 2.23. The number of hydrogen-bond donors (Lipinski definition) is 0. The van der Waals surface area contributed by atoms with Crippen LogP contribution in [0.4, 0.5) is 0 Å². The molecule has 0 atom stereocenters. The zero-order valence-corrected chi connectivity index (χ0v) is 10.5. The molecule has 1 aliphatic rings. The standard InChI is InChI=1S/C12H14N3OS/c1-15-6-2-3-10(7-15)11-12(14-17-13-11)16-8-9-4-5-9/h2-3,6-7,9H,4-5,8H2,1H3/q+1. The molecule has 0 bridgehead atoms. The Morgan fingerprint density at radius 3 is 3.12 bits per heavy atom. The second kappa shape index (κ2) is 4.41. The third-order valence-corrected chi connectivity index (χ3v) is 3.34. The monoisotopic (exact) mass is 248 g/mol. The average Bonchev–Trinajstić information content (AvgIpc) is 3.04. The topological polar surface area (TPSA) is 38.9 Å². The molecule has 1 fully saturated rings. The Labute approximate surface area is 104 Å². The minimum atomic E-state index is 0.674. The van der Waals surface area contributed by atoms with Gasteiger partial charge in [0.25, 0.3) is 5.88 Å². The van der Waals surface area contributed by atoms with E-state index in [1.165, 1.54) is 24.6 Å². The molecule has 2 heterocycles. The van der Waals surface area contributed by atoms with Crippen molar-refractivity contribution in [3.63, 3.8) is 0 Å². The largest absolute Gasteiger partial charge is 0.475 e. The van der Waals surface area contributed by atoms with E-state index in [1.54, 1.807) is 0 Å². The van der Waals surface area contributed by atoms with Crippen LogP contribution < -0.4 is 9.30 Å². The first-order valence-electron chi connectivity index (χ1n) is 5.74. The molecule has 1 saturated carbocycles. The van der Waals surface area contributed by atoms with E-state index in [0.717, 1.165) is 23.8 Å². The fraction of sp³-hybridized carbons (Fsp3) is 0.417. The predicted molar refractivity (Wildman–Crippen MR) is 64.7 cm³/mol. The van der Waals surface area contributed by atoms with Crippen molar-refractivity contribution in [2.24, 2.45) is 13.0 Å². The zero-order valence-electron chi connectivity index (χ0n) is 9.67. The van der Waals surface area contributed by atoms with E-state index in [-0.39, 0.29) is 0 Å². The number of rotatable bonds is 4. The minimum Gasteiger partial charge on any atom is -0.475 e. The Bertz CT molecular complexity index is 522. The summed E-state index contributed by atoms with van der Waals surface area (Å²) in [4.78, 5) is 0. The Morgan fingerprint density at radius 2 is 2.35 bits per heavy atom.